The molecule has 0 spiro atoms. The van der Waals surface area contributed by atoms with Gasteiger partial charge in [0, 0.05) is 6.07 Å². The molecule has 2 aromatic carbocycles. The van der Waals surface area contributed by atoms with Crippen molar-refractivity contribution in [2.75, 3.05) is 5.32 Å². The highest BCUT2D eigenvalue weighted by atomic mass is 35.5. The van der Waals surface area contributed by atoms with E-state index in [1.807, 2.05) is 6.92 Å². The van der Waals surface area contributed by atoms with Crippen LogP contribution < -0.4 is 5.32 Å². The van der Waals surface area contributed by atoms with Crippen molar-refractivity contribution < 1.29 is 14.8 Å². The molecule has 0 aromatic heterocycles. The highest BCUT2D eigenvalue weighted by Crippen LogP contribution is 2.34. The minimum atomic E-state index is -1.26. The van der Waals surface area contributed by atoms with Gasteiger partial charge in [-0.3, -0.25) is 10.1 Å². The molecule has 0 atom stereocenters. The maximum Gasteiger partial charge on any atom is 0.338 e. The number of para-hydroxylation sites is 1. The number of nitro benzene ring substituents is 1. The van der Waals surface area contributed by atoms with Gasteiger partial charge in [0.2, 0.25) is 0 Å². The van der Waals surface area contributed by atoms with Crippen LogP contribution in [0.1, 0.15) is 15.9 Å². The van der Waals surface area contributed by atoms with Gasteiger partial charge in [-0.25, -0.2) is 4.79 Å². The number of hydrogen-bond donors (Lipinski definition) is 2. The largest absolute Gasteiger partial charge is 0.478 e. The minimum Gasteiger partial charge on any atom is -0.478 e. The Morgan fingerprint density at radius 3 is 2.67 bits per heavy atom. The van der Waals surface area contributed by atoms with Crippen LogP contribution in [0.25, 0.3) is 0 Å². The number of hydrogen-bond acceptors (Lipinski definition) is 4. The first kappa shape index (κ1) is 14.8. The van der Waals surface area contributed by atoms with E-state index < -0.39 is 10.9 Å². The third kappa shape index (κ3) is 3.11. The first-order valence-corrected chi connectivity index (χ1v) is 6.32. The van der Waals surface area contributed by atoms with E-state index in [4.69, 9.17) is 11.6 Å². The maximum atomic E-state index is 11.2. The van der Waals surface area contributed by atoms with Crippen LogP contribution in [0.4, 0.5) is 17.1 Å². The van der Waals surface area contributed by atoms with Gasteiger partial charge in [-0.05, 0) is 30.7 Å². The number of carbonyl (C=O) groups is 1. The molecular formula is C14H11ClN2O4. The zero-order valence-electron chi connectivity index (χ0n) is 11.0. The summed E-state index contributed by atoms with van der Waals surface area (Å²) in [7, 11) is 0. The Bertz CT molecular complexity index is 699. The number of benzene rings is 2. The second-order valence-electron chi connectivity index (χ2n) is 4.37. The van der Waals surface area contributed by atoms with Gasteiger partial charge in [-0.2, -0.15) is 0 Å². The van der Waals surface area contributed by atoms with Crippen LogP contribution in [0.15, 0.2) is 36.4 Å². The second kappa shape index (κ2) is 5.80. The van der Waals surface area contributed by atoms with Crippen molar-refractivity contribution >= 4 is 34.6 Å². The van der Waals surface area contributed by atoms with Crippen LogP contribution in [0.5, 0.6) is 0 Å². The van der Waals surface area contributed by atoms with E-state index in [1.54, 1.807) is 18.2 Å². The molecular weight excluding hydrogens is 296 g/mol. The zero-order chi connectivity index (χ0) is 15.6. The fourth-order valence-electron chi connectivity index (χ4n) is 1.87. The number of aryl methyl sites for hydroxylation is 1. The molecule has 0 aliphatic rings. The normalized spacial score (nSPS) is 10.2. The van der Waals surface area contributed by atoms with E-state index in [1.165, 1.54) is 18.2 Å². The summed E-state index contributed by atoms with van der Waals surface area (Å²) in [6, 6.07) is 8.95. The van der Waals surface area contributed by atoms with Gasteiger partial charge in [-0.1, -0.05) is 23.7 Å². The van der Waals surface area contributed by atoms with Gasteiger partial charge in [0.25, 0.3) is 5.69 Å². The second-order valence-corrected chi connectivity index (χ2v) is 4.78. The summed E-state index contributed by atoms with van der Waals surface area (Å²) in [5, 5.41) is 23.4. The number of anilines is 2. The van der Waals surface area contributed by atoms with Gasteiger partial charge in [0.1, 0.15) is 5.69 Å². The number of nitro groups is 1. The molecule has 0 aliphatic heterocycles. The molecule has 0 amide bonds. The Balaban J connectivity index is 2.59. The summed E-state index contributed by atoms with van der Waals surface area (Å²) in [6.07, 6.45) is 0. The van der Waals surface area contributed by atoms with Gasteiger partial charge < -0.3 is 10.4 Å². The van der Waals surface area contributed by atoms with E-state index in [2.05, 4.69) is 5.32 Å². The molecule has 108 valence electrons. The van der Waals surface area contributed by atoms with Gasteiger partial charge >= 0.3 is 5.97 Å². The van der Waals surface area contributed by atoms with E-state index in [-0.39, 0.29) is 16.9 Å². The summed E-state index contributed by atoms with van der Waals surface area (Å²) in [5.74, 6) is -1.26. The highest BCUT2D eigenvalue weighted by molar-refractivity contribution is 6.33. The Morgan fingerprint density at radius 1 is 1.33 bits per heavy atom. The lowest BCUT2D eigenvalue weighted by molar-refractivity contribution is -0.383. The van der Waals surface area contributed by atoms with Crippen molar-refractivity contribution in [1.29, 1.82) is 0 Å². The Hall–Kier alpha value is -2.60. The third-order valence-corrected chi connectivity index (χ3v) is 3.18. The number of halogens is 1. The molecule has 0 saturated heterocycles. The average molecular weight is 307 g/mol. The predicted octanol–water partition coefficient (Wildman–Crippen LogP) is 4.00. The first-order valence-electron chi connectivity index (χ1n) is 5.94. The van der Waals surface area contributed by atoms with Gasteiger partial charge in [-0.15, -0.1) is 0 Å². The fraction of sp³-hybridized carbons (Fsp3) is 0.0714. The molecule has 0 saturated carbocycles. The monoisotopic (exact) mass is 306 g/mol. The summed E-state index contributed by atoms with van der Waals surface area (Å²) in [4.78, 5) is 21.7. The van der Waals surface area contributed by atoms with Crippen molar-refractivity contribution in [3.8, 4) is 0 Å². The topological polar surface area (TPSA) is 92.5 Å². The van der Waals surface area contributed by atoms with Crippen molar-refractivity contribution in [2.45, 2.75) is 6.92 Å². The molecule has 0 bridgehead atoms. The summed E-state index contributed by atoms with van der Waals surface area (Å²) in [6.45, 7) is 1.83. The van der Waals surface area contributed by atoms with E-state index >= 15 is 0 Å². The Morgan fingerprint density at radius 2 is 2.05 bits per heavy atom. The molecule has 7 heteroatoms. The number of nitrogens with zero attached hydrogens (tertiary/aromatic N) is 1. The summed E-state index contributed by atoms with van der Waals surface area (Å²) >= 11 is 6.03. The van der Waals surface area contributed by atoms with Crippen molar-refractivity contribution in [3.63, 3.8) is 0 Å². The lowest BCUT2D eigenvalue weighted by atomic mass is 10.1. The quantitative estimate of drug-likeness (QED) is 0.658. The van der Waals surface area contributed by atoms with Crippen molar-refractivity contribution in [3.05, 3.63) is 62.7 Å². The molecule has 0 aliphatic carbocycles. The van der Waals surface area contributed by atoms with Crippen LogP contribution in [0.3, 0.4) is 0 Å². The van der Waals surface area contributed by atoms with Gasteiger partial charge in [0.05, 0.1) is 21.2 Å². The SMILES string of the molecule is Cc1ccc(Cl)c(Nc2c(C(=O)O)cccc2[N+](=O)[O-])c1. The number of rotatable bonds is 4. The van der Waals surface area contributed by atoms with Crippen molar-refractivity contribution in [2.24, 2.45) is 0 Å². The van der Waals surface area contributed by atoms with Crippen LogP contribution >= 0.6 is 11.6 Å². The molecule has 0 fully saturated rings. The van der Waals surface area contributed by atoms with E-state index in [0.29, 0.717) is 10.7 Å². The number of carboxylic acids is 1. The number of nitrogens with one attached hydrogen (secondary N) is 1. The first-order chi connectivity index (χ1) is 9.90. The van der Waals surface area contributed by atoms with Gasteiger partial charge in [0.15, 0.2) is 0 Å². The maximum absolute atomic E-state index is 11.2. The fourth-order valence-corrected chi connectivity index (χ4v) is 2.04. The molecule has 6 nitrogen and oxygen atoms in total. The number of aromatic carboxylic acids is 1. The molecule has 0 unspecified atom stereocenters. The van der Waals surface area contributed by atoms with Crippen LogP contribution in [-0.2, 0) is 0 Å². The van der Waals surface area contributed by atoms with Crippen LogP contribution in [-0.4, -0.2) is 16.0 Å². The molecule has 0 radical (unpaired) electrons. The lowest BCUT2D eigenvalue weighted by Gasteiger charge is -2.12. The molecule has 2 rings (SSSR count). The predicted molar refractivity (Wildman–Crippen MR) is 79.5 cm³/mol. The van der Waals surface area contributed by atoms with Crippen LogP contribution in [0, 0.1) is 17.0 Å². The lowest BCUT2D eigenvalue weighted by Crippen LogP contribution is -2.06. The van der Waals surface area contributed by atoms with Crippen LogP contribution in [0.2, 0.25) is 5.02 Å². The summed E-state index contributed by atoms with van der Waals surface area (Å²) < 4.78 is 0. The minimum absolute atomic E-state index is 0.0949. The average Bonchev–Trinajstić information content (AvgIpc) is 2.42. The standard InChI is InChI=1S/C14H11ClN2O4/c1-8-5-6-10(15)11(7-8)16-13-9(14(18)19)3-2-4-12(13)17(20)21/h2-7,16H,1H3,(H,18,19). The molecule has 21 heavy (non-hydrogen) atoms. The Labute approximate surface area is 125 Å². The third-order valence-electron chi connectivity index (χ3n) is 2.85. The molecule has 0 heterocycles. The smallest absolute Gasteiger partial charge is 0.338 e. The zero-order valence-corrected chi connectivity index (χ0v) is 11.7. The molecule has 2 N–H and O–H groups in total. The summed E-state index contributed by atoms with van der Waals surface area (Å²) in [5.41, 5.74) is 0.683. The Kier molecular flexibility index (Phi) is 4.09. The molecule has 2 aromatic rings. The van der Waals surface area contributed by atoms with Crippen molar-refractivity contribution in [1.82, 2.24) is 0 Å². The van der Waals surface area contributed by atoms with E-state index in [0.717, 1.165) is 5.56 Å². The highest BCUT2D eigenvalue weighted by Gasteiger charge is 2.22. The number of carboxylic acid groups (broad SMARTS) is 1. The van der Waals surface area contributed by atoms with E-state index in [9.17, 15) is 20.0 Å².